The lowest BCUT2D eigenvalue weighted by atomic mass is 10.2. The highest BCUT2D eigenvalue weighted by molar-refractivity contribution is 7.90. The second-order valence-electron chi connectivity index (χ2n) is 5.16. The molecule has 0 aliphatic carbocycles. The van der Waals surface area contributed by atoms with E-state index in [0.717, 1.165) is 5.56 Å². The molecule has 1 heterocycles. The number of rotatable bonds is 4. The van der Waals surface area contributed by atoms with E-state index >= 15 is 0 Å². The molecule has 0 unspecified atom stereocenters. The molecule has 0 amide bonds. The number of anilines is 1. The van der Waals surface area contributed by atoms with Gasteiger partial charge in [0.25, 0.3) is 0 Å². The van der Waals surface area contributed by atoms with Crippen LogP contribution < -0.4 is 5.32 Å². The molecule has 3 rings (SSSR count). The third kappa shape index (κ3) is 3.60. The zero-order valence-electron chi connectivity index (χ0n) is 12.3. The summed E-state index contributed by atoms with van der Waals surface area (Å²) in [5, 5.41) is 4.53. The van der Waals surface area contributed by atoms with Crippen molar-refractivity contribution >= 4 is 38.2 Å². The number of halogens is 1. The molecule has 0 saturated heterocycles. The average molecular weight is 348 g/mol. The normalized spacial score (nSPS) is 11.6. The van der Waals surface area contributed by atoms with Crippen LogP contribution in [0.2, 0.25) is 5.02 Å². The molecule has 1 aromatic heterocycles. The fraction of sp³-hybridized carbons (Fsp3) is 0.125. The average Bonchev–Trinajstić information content (AvgIpc) is 2.51. The number of hydrogen-bond acceptors (Lipinski definition) is 5. The van der Waals surface area contributed by atoms with Crippen molar-refractivity contribution < 1.29 is 8.42 Å². The molecule has 3 aromatic rings. The van der Waals surface area contributed by atoms with E-state index in [4.69, 9.17) is 11.6 Å². The highest BCUT2D eigenvalue weighted by Gasteiger charge is 2.11. The summed E-state index contributed by atoms with van der Waals surface area (Å²) < 4.78 is 23.5. The van der Waals surface area contributed by atoms with Crippen LogP contribution in [0.1, 0.15) is 5.56 Å². The van der Waals surface area contributed by atoms with Gasteiger partial charge in [0.2, 0.25) is 0 Å². The Hall–Kier alpha value is -2.18. The number of nitrogens with zero attached hydrogens (tertiary/aromatic N) is 2. The molecule has 0 aliphatic rings. The topological polar surface area (TPSA) is 72.0 Å². The van der Waals surface area contributed by atoms with Crippen molar-refractivity contribution in [2.45, 2.75) is 11.4 Å². The fourth-order valence-corrected chi connectivity index (χ4v) is 3.10. The highest BCUT2D eigenvalue weighted by atomic mass is 35.5. The Kier molecular flexibility index (Phi) is 4.19. The standard InChI is InChI=1S/C16H14ClN3O2S/c1-23(21,22)13-5-6-15-14(8-13)16(20-10-19-15)18-9-11-3-2-4-12(17)7-11/h2-8,10H,9H2,1H3,(H,18,19,20). The Balaban J connectivity index is 1.96. The van der Waals surface area contributed by atoms with Gasteiger partial charge in [0, 0.05) is 23.2 Å². The first kappa shape index (κ1) is 15.7. The lowest BCUT2D eigenvalue weighted by Crippen LogP contribution is -2.03. The maximum atomic E-state index is 11.7. The monoisotopic (exact) mass is 347 g/mol. The molecule has 0 radical (unpaired) electrons. The molecule has 0 spiro atoms. The van der Waals surface area contributed by atoms with E-state index in [1.54, 1.807) is 18.2 Å². The number of benzene rings is 2. The first-order chi connectivity index (χ1) is 10.9. The van der Waals surface area contributed by atoms with Crippen LogP contribution in [-0.4, -0.2) is 24.6 Å². The van der Waals surface area contributed by atoms with Gasteiger partial charge >= 0.3 is 0 Å². The van der Waals surface area contributed by atoms with Gasteiger partial charge in [0.1, 0.15) is 12.1 Å². The third-order valence-electron chi connectivity index (χ3n) is 3.38. The lowest BCUT2D eigenvalue weighted by molar-refractivity contribution is 0.602. The van der Waals surface area contributed by atoms with Gasteiger partial charge in [-0.05, 0) is 35.9 Å². The molecule has 1 N–H and O–H groups in total. The molecule has 5 nitrogen and oxygen atoms in total. The molecular weight excluding hydrogens is 334 g/mol. The second kappa shape index (κ2) is 6.14. The Morgan fingerprint density at radius 3 is 2.70 bits per heavy atom. The fourth-order valence-electron chi connectivity index (χ4n) is 2.24. The maximum Gasteiger partial charge on any atom is 0.175 e. The highest BCUT2D eigenvalue weighted by Crippen LogP contribution is 2.23. The first-order valence-corrected chi connectivity index (χ1v) is 9.13. The van der Waals surface area contributed by atoms with E-state index in [1.165, 1.54) is 12.6 Å². The van der Waals surface area contributed by atoms with Crippen LogP contribution in [0.25, 0.3) is 10.9 Å². The Labute approximate surface area is 139 Å². The molecule has 0 fully saturated rings. The molecule has 0 aliphatic heterocycles. The van der Waals surface area contributed by atoms with Crippen molar-refractivity contribution in [3.63, 3.8) is 0 Å². The molecule has 118 valence electrons. The maximum absolute atomic E-state index is 11.7. The van der Waals surface area contributed by atoms with Crippen molar-refractivity contribution in [3.8, 4) is 0 Å². The van der Waals surface area contributed by atoms with E-state index in [2.05, 4.69) is 15.3 Å². The summed E-state index contributed by atoms with van der Waals surface area (Å²) in [7, 11) is -3.28. The molecule has 7 heteroatoms. The zero-order chi connectivity index (χ0) is 16.4. The molecule has 0 atom stereocenters. The summed E-state index contributed by atoms with van der Waals surface area (Å²) in [5.41, 5.74) is 1.68. The van der Waals surface area contributed by atoms with E-state index in [-0.39, 0.29) is 4.90 Å². The van der Waals surface area contributed by atoms with Crippen molar-refractivity contribution in [2.24, 2.45) is 0 Å². The van der Waals surface area contributed by atoms with Crippen LogP contribution in [0.4, 0.5) is 5.82 Å². The van der Waals surface area contributed by atoms with Gasteiger partial charge in [-0.15, -0.1) is 0 Å². The summed E-state index contributed by atoms with van der Waals surface area (Å²) in [4.78, 5) is 8.63. The van der Waals surface area contributed by atoms with Gasteiger partial charge in [-0.2, -0.15) is 0 Å². The predicted molar refractivity (Wildman–Crippen MR) is 91.4 cm³/mol. The van der Waals surface area contributed by atoms with Crippen LogP contribution >= 0.6 is 11.6 Å². The minimum atomic E-state index is -3.28. The van der Waals surface area contributed by atoms with Gasteiger partial charge in [0.15, 0.2) is 9.84 Å². The summed E-state index contributed by atoms with van der Waals surface area (Å²) in [5.74, 6) is 0.584. The van der Waals surface area contributed by atoms with Gasteiger partial charge in [0.05, 0.1) is 10.4 Å². The molecule has 23 heavy (non-hydrogen) atoms. The Bertz CT molecular complexity index is 974. The van der Waals surface area contributed by atoms with Gasteiger partial charge < -0.3 is 5.32 Å². The van der Waals surface area contributed by atoms with Crippen LogP contribution in [0.5, 0.6) is 0 Å². The first-order valence-electron chi connectivity index (χ1n) is 6.86. The SMILES string of the molecule is CS(=O)(=O)c1ccc2ncnc(NCc3cccc(Cl)c3)c2c1. The van der Waals surface area contributed by atoms with E-state index in [0.29, 0.717) is 28.3 Å². The summed E-state index contributed by atoms with van der Waals surface area (Å²) >= 11 is 5.97. The van der Waals surface area contributed by atoms with Crippen molar-refractivity contribution in [3.05, 3.63) is 59.4 Å². The number of nitrogens with one attached hydrogen (secondary N) is 1. The van der Waals surface area contributed by atoms with Gasteiger partial charge in [-0.3, -0.25) is 0 Å². The van der Waals surface area contributed by atoms with Crippen molar-refractivity contribution in [1.82, 2.24) is 9.97 Å². The van der Waals surface area contributed by atoms with Crippen LogP contribution in [-0.2, 0) is 16.4 Å². The number of aromatic nitrogens is 2. The minimum absolute atomic E-state index is 0.241. The number of hydrogen-bond donors (Lipinski definition) is 1. The largest absolute Gasteiger partial charge is 0.365 e. The quantitative estimate of drug-likeness (QED) is 0.784. The summed E-state index contributed by atoms with van der Waals surface area (Å²) in [6, 6.07) is 12.3. The summed E-state index contributed by atoms with van der Waals surface area (Å²) in [6.45, 7) is 0.524. The molecule has 0 bridgehead atoms. The molecule has 2 aromatic carbocycles. The Morgan fingerprint density at radius 2 is 1.96 bits per heavy atom. The van der Waals surface area contributed by atoms with Crippen molar-refractivity contribution in [2.75, 3.05) is 11.6 Å². The smallest absolute Gasteiger partial charge is 0.175 e. The lowest BCUT2D eigenvalue weighted by Gasteiger charge is -2.09. The summed E-state index contributed by atoms with van der Waals surface area (Å²) in [6.07, 6.45) is 2.62. The Morgan fingerprint density at radius 1 is 1.13 bits per heavy atom. The second-order valence-corrected chi connectivity index (χ2v) is 7.61. The number of sulfone groups is 1. The van der Waals surface area contributed by atoms with E-state index < -0.39 is 9.84 Å². The van der Waals surface area contributed by atoms with Crippen LogP contribution in [0.15, 0.2) is 53.7 Å². The van der Waals surface area contributed by atoms with Crippen molar-refractivity contribution in [1.29, 1.82) is 0 Å². The van der Waals surface area contributed by atoms with Crippen LogP contribution in [0.3, 0.4) is 0 Å². The minimum Gasteiger partial charge on any atom is -0.365 e. The van der Waals surface area contributed by atoms with E-state index in [9.17, 15) is 8.42 Å². The third-order valence-corrected chi connectivity index (χ3v) is 4.73. The zero-order valence-corrected chi connectivity index (χ0v) is 13.9. The van der Waals surface area contributed by atoms with Gasteiger partial charge in [-0.1, -0.05) is 23.7 Å². The number of fused-ring (bicyclic) bond motifs is 1. The van der Waals surface area contributed by atoms with E-state index in [1.807, 2.05) is 24.3 Å². The molecular formula is C16H14ClN3O2S. The van der Waals surface area contributed by atoms with Crippen LogP contribution in [0, 0.1) is 0 Å². The van der Waals surface area contributed by atoms with Gasteiger partial charge in [-0.25, -0.2) is 18.4 Å². The molecule has 0 saturated carbocycles. The predicted octanol–water partition coefficient (Wildman–Crippen LogP) is 3.30.